The molecule has 0 saturated heterocycles. The Hall–Kier alpha value is -3.98. The summed E-state index contributed by atoms with van der Waals surface area (Å²) in [5.74, 6) is -1.94. The second-order valence-corrected chi connectivity index (χ2v) is 8.68. The van der Waals surface area contributed by atoms with E-state index in [1.807, 2.05) is 0 Å². The summed E-state index contributed by atoms with van der Waals surface area (Å²) in [7, 11) is -4.00. The molecule has 0 bridgehead atoms. The molecule has 0 aliphatic heterocycles. The van der Waals surface area contributed by atoms with Crippen molar-refractivity contribution in [3.05, 3.63) is 103 Å². The minimum Gasteiger partial charge on any atom is -0.452 e. The Labute approximate surface area is 191 Å². The van der Waals surface area contributed by atoms with Gasteiger partial charge in [-0.2, -0.15) is 0 Å². The van der Waals surface area contributed by atoms with Crippen LogP contribution in [0.2, 0.25) is 0 Å². The van der Waals surface area contributed by atoms with Crippen molar-refractivity contribution >= 4 is 33.3 Å². The number of para-hydroxylation sites is 1. The quantitative estimate of drug-likeness (QED) is 0.379. The van der Waals surface area contributed by atoms with Crippen LogP contribution in [0.1, 0.15) is 10.4 Å². The van der Waals surface area contributed by atoms with Crippen LogP contribution in [0, 0.1) is 5.82 Å². The molecule has 0 radical (unpaired) electrons. The molecule has 0 aromatic heterocycles. The van der Waals surface area contributed by atoms with Gasteiger partial charge in [-0.25, -0.2) is 17.6 Å². The number of rotatable bonds is 9. The Kier molecular flexibility index (Phi) is 7.57. The second kappa shape index (κ2) is 10.6. The maximum absolute atomic E-state index is 13.2. The molecule has 1 N–H and O–H groups in total. The van der Waals surface area contributed by atoms with E-state index in [-0.39, 0.29) is 17.0 Å². The molecule has 0 saturated carbocycles. The van der Waals surface area contributed by atoms with Gasteiger partial charge < -0.3 is 10.1 Å². The van der Waals surface area contributed by atoms with Crippen LogP contribution >= 0.6 is 0 Å². The maximum Gasteiger partial charge on any atom is 0.338 e. The van der Waals surface area contributed by atoms with E-state index in [2.05, 4.69) is 11.9 Å². The molecule has 9 heteroatoms. The number of nitrogens with zero attached hydrogens (tertiary/aromatic N) is 1. The van der Waals surface area contributed by atoms with E-state index in [0.717, 1.165) is 0 Å². The van der Waals surface area contributed by atoms with E-state index in [9.17, 15) is 22.4 Å². The van der Waals surface area contributed by atoms with Crippen molar-refractivity contribution in [2.24, 2.45) is 0 Å². The Bertz CT molecular complexity index is 1250. The zero-order valence-corrected chi connectivity index (χ0v) is 18.3. The molecule has 0 aliphatic rings. The van der Waals surface area contributed by atoms with E-state index < -0.39 is 34.3 Å². The lowest BCUT2D eigenvalue weighted by molar-refractivity contribution is -0.119. The van der Waals surface area contributed by atoms with Gasteiger partial charge in [0.1, 0.15) is 5.82 Å². The van der Waals surface area contributed by atoms with E-state index >= 15 is 0 Å². The number of halogens is 1. The van der Waals surface area contributed by atoms with Crippen LogP contribution in [-0.4, -0.2) is 33.4 Å². The third kappa shape index (κ3) is 6.05. The average molecular weight is 469 g/mol. The summed E-state index contributed by atoms with van der Waals surface area (Å²) in [6.07, 6.45) is 1.46. The van der Waals surface area contributed by atoms with Gasteiger partial charge in [-0.3, -0.25) is 9.10 Å². The van der Waals surface area contributed by atoms with Crippen LogP contribution in [0.3, 0.4) is 0 Å². The first-order valence-corrected chi connectivity index (χ1v) is 11.3. The molecule has 0 unspecified atom stereocenters. The van der Waals surface area contributed by atoms with Crippen LogP contribution < -0.4 is 9.62 Å². The van der Waals surface area contributed by atoms with Gasteiger partial charge in [0.2, 0.25) is 0 Å². The Balaban J connectivity index is 1.72. The number of carbonyl (C=O) groups excluding carboxylic acids is 2. The first kappa shape index (κ1) is 23.7. The lowest BCUT2D eigenvalue weighted by Gasteiger charge is -2.23. The summed E-state index contributed by atoms with van der Waals surface area (Å²) >= 11 is 0. The normalized spacial score (nSPS) is 10.8. The van der Waals surface area contributed by atoms with Gasteiger partial charge in [0.25, 0.3) is 15.9 Å². The number of sulfonamides is 1. The molecule has 7 nitrogen and oxygen atoms in total. The highest BCUT2D eigenvalue weighted by atomic mass is 32.2. The molecule has 3 aromatic carbocycles. The molecule has 0 atom stereocenters. The second-order valence-electron chi connectivity index (χ2n) is 6.82. The van der Waals surface area contributed by atoms with Gasteiger partial charge >= 0.3 is 5.97 Å². The average Bonchev–Trinajstić information content (AvgIpc) is 2.83. The van der Waals surface area contributed by atoms with Crippen molar-refractivity contribution in [1.29, 1.82) is 0 Å². The minimum atomic E-state index is -4.00. The van der Waals surface area contributed by atoms with E-state index in [1.54, 1.807) is 30.3 Å². The highest BCUT2D eigenvalue weighted by Crippen LogP contribution is 2.24. The summed E-state index contributed by atoms with van der Waals surface area (Å²) in [5.41, 5.74) is 0.758. The number of hydrogen-bond donors (Lipinski definition) is 1. The van der Waals surface area contributed by atoms with Crippen molar-refractivity contribution < 1.29 is 27.1 Å². The fourth-order valence-electron chi connectivity index (χ4n) is 2.91. The lowest BCUT2D eigenvalue weighted by atomic mass is 10.2. The first-order valence-electron chi connectivity index (χ1n) is 9.82. The van der Waals surface area contributed by atoms with Crippen molar-refractivity contribution in [3.63, 3.8) is 0 Å². The third-order valence-electron chi connectivity index (χ3n) is 4.46. The topological polar surface area (TPSA) is 92.8 Å². The van der Waals surface area contributed by atoms with Crippen molar-refractivity contribution in [2.45, 2.75) is 4.90 Å². The SMILES string of the molecule is C=CCN(c1ccccc1)S(=O)(=O)c1cccc(C(=O)OCC(=O)Nc2ccc(F)cc2)c1. The molecule has 0 aliphatic carbocycles. The monoisotopic (exact) mass is 468 g/mol. The summed E-state index contributed by atoms with van der Waals surface area (Å²) < 4.78 is 45.6. The van der Waals surface area contributed by atoms with E-state index in [0.29, 0.717) is 11.4 Å². The van der Waals surface area contributed by atoms with Crippen LogP contribution in [0.4, 0.5) is 15.8 Å². The van der Waals surface area contributed by atoms with Gasteiger partial charge in [-0.1, -0.05) is 30.3 Å². The van der Waals surface area contributed by atoms with E-state index in [1.165, 1.54) is 58.9 Å². The molecule has 3 aromatic rings. The number of nitrogens with one attached hydrogen (secondary N) is 1. The van der Waals surface area contributed by atoms with Crippen molar-refractivity contribution in [2.75, 3.05) is 22.8 Å². The fraction of sp³-hybridized carbons (Fsp3) is 0.0833. The van der Waals surface area contributed by atoms with Crippen LogP contribution in [0.5, 0.6) is 0 Å². The predicted molar refractivity (Wildman–Crippen MR) is 123 cm³/mol. The fourth-order valence-corrected chi connectivity index (χ4v) is 4.39. The summed E-state index contributed by atoms with van der Waals surface area (Å²) in [6.45, 7) is 3.05. The number of benzene rings is 3. The van der Waals surface area contributed by atoms with Crippen molar-refractivity contribution in [3.8, 4) is 0 Å². The van der Waals surface area contributed by atoms with Crippen LogP contribution in [-0.2, 0) is 19.6 Å². The number of esters is 1. The number of ether oxygens (including phenoxy) is 1. The summed E-state index contributed by atoms with van der Waals surface area (Å²) in [6, 6.07) is 19.0. The Morgan fingerprint density at radius 1 is 1.00 bits per heavy atom. The van der Waals surface area contributed by atoms with Gasteiger partial charge in [0.15, 0.2) is 6.61 Å². The summed E-state index contributed by atoms with van der Waals surface area (Å²) in [4.78, 5) is 24.3. The molecule has 0 spiro atoms. The highest BCUT2D eigenvalue weighted by molar-refractivity contribution is 7.92. The number of anilines is 2. The number of carbonyl (C=O) groups is 2. The Morgan fingerprint density at radius 3 is 2.36 bits per heavy atom. The van der Waals surface area contributed by atoms with Crippen LogP contribution in [0.15, 0.2) is 96.4 Å². The lowest BCUT2D eigenvalue weighted by Crippen LogP contribution is -2.31. The van der Waals surface area contributed by atoms with Crippen molar-refractivity contribution in [1.82, 2.24) is 0 Å². The third-order valence-corrected chi connectivity index (χ3v) is 6.25. The maximum atomic E-state index is 13.2. The number of amides is 1. The smallest absolute Gasteiger partial charge is 0.338 e. The van der Waals surface area contributed by atoms with Gasteiger partial charge in [-0.15, -0.1) is 6.58 Å². The molecular weight excluding hydrogens is 447 g/mol. The van der Waals surface area contributed by atoms with Crippen LogP contribution in [0.25, 0.3) is 0 Å². The van der Waals surface area contributed by atoms with Gasteiger partial charge in [0, 0.05) is 5.69 Å². The number of hydrogen-bond acceptors (Lipinski definition) is 5. The van der Waals surface area contributed by atoms with E-state index in [4.69, 9.17) is 4.74 Å². The molecule has 3 rings (SSSR count). The molecular formula is C24H21FN2O5S. The zero-order valence-electron chi connectivity index (χ0n) is 17.5. The Morgan fingerprint density at radius 2 is 1.70 bits per heavy atom. The molecule has 33 heavy (non-hydrogen) atoms. The molecule has 170 valence electrons. The minimum absolute atomic E-state index is 0.0303. The largest absolute Gasteiger partial charge is 0.452 e. The molecule has 1 amide bonds. The first-order chi connectivity index (χ1) is 15.8. The zero-order chi connectivity index (χ0) is 23.8. The van der Waals surface area contributed by atoms with Gasteiger partial charge in [-0.05, 0) is 54.6 Å². The van der Waals surface area contributed by atoms with Gasteiger partial charge in [0.05, 0.1) is 22.7 Å². The molecule has 0 heterocycles. The summed E-state index contributed by atoms with van der Waals surface area (Å²) in [5, 5.41) is 2.46. The predicted octanol–water partition coefficient (Wildman–Crippen LogP) is 4.00. The highest BCUT2D eigenvalue weighted by Gasteiger charge is 2.25. The molecule has 0 fully saturated rings. The standard InChI is InChI=1S/C24H21FN2O5S/c1-2-15-27(21-8-4-3-5-9-21)33(30,31)22-10-6-7-18(16-22)24(29)32-17-23(28)26-20-13-11-19(25)12-14-20/h2-14,16H,1,15,17H2,(H,26,28).